The topological polar surface area (TPSA) is 80.9 Å². The van der Waals surface area contributed by atoms with Crippen LogP contribution in [0.1, 0.15) is 30.9 Å². The third-order valence-corrected chi connectivity index (χ3v) is 5.70. The van der Waals surface area contributed by atoms with Crippen LogP contribution in [0, 0.1) is 0 Å². The molecule has 0 unspecified atom stereocenters. The molecule has 0 saturated heterocycles. The molecule has 2 heterocycles. The van der Waals surface area contributed by atoms with Crippen LogP contribution in [0.25, 0.3) is 11.4 Å². The zero-order valence-corrected chi connectivity index (χ0v) is 18.8. The molecule has 0 spiro atoms. The lowest BCUT2D eigenvalue weighted by Gasteiger charge is -2.10. The molecule has 2 aromatic carbocycles. The number of anilines is 1. The number of benzene rings is 2. The van der Waals surface area contributed by atoms with Gasteiger partial charge in [0.1, 0.15) is 0 Å². The second-order valence-electron chi connectivity index (χ2n) is 7.62. The van der Waals surface area contributed by atoms with Gasteiger partial charge in [-0.3, -0.25) is 9.78 Å². The summed E-state index contributed by atoms with van der Waals surface area (Å²) in [5, 5.41) is 7.59. The van der Waals surface area contributed by atoms with Crippen molar-refractivity contribution in [1.29, 1.82) is 0 Å². The van der Waals surface area contributed by atoms with Gasteiger partial charge < -0.3 is 9.84 Å². The van der Waals surface area contributed by atoms with Crippen molar-refractivity contribution in [1.82, 2.24) is 15.1 Å². The Hall–Kier alpha value is -3.45. The molecule has 4 aromatic rings. The molecule has 0 radical (unpaired) electrons. The first-order valence-electron chi connectivity index (χ1n) is 10.4. The second kappa shape index (κ2) is 10.2. The number of thioether (sulfide) groups is 1. The normalized spacial score (nSPS) is 11.0. The highest BCUT2D eigenvalue weighted by Crippen LogP contribution is 2.24. The summed E-state index contributed by atoms with van der Waals surface area (Å²) in [4.78, 5) is 22.4. The molecule has 1 N–H and O–H groups in total. The minimum atomic E-state index is -0.0664. The molecule has 7 heteroatoms. The van der Waals surface area contributed by atoms with Gasteiger partial charge in [-0.1, -0.05) is 49.3 Å². The molecule has 162 valence electrons. The Bertz CT molecular complexity index is 1170. The lowest BCUT2D eigenvalue weighted by molar-refractivity contribution is -0.115. The third-order valence-electron chi connectivity index (χ3n) is 4.68. The number of aromatic nitrogens is 3. The molecule has 32 heavy (non-hydrogen) atoms. The number of hydrogen-bond donors (Lipinski definition) is 1. The van der Waals surface area contributed by atoms with Crippen molar-refractivity contribution in [3.63, 3.8) is 0 Å². The fourth-order valence-corrected chi connectivity index (χ4v) is 4.07. The predicted molar refractivity (Wildman–Crippen MR) is 127 cm³/mol. The number of pyridine rings is 1. The summed E-state index contributed by atoms with van der Waals surface area (Å²) in [6, 6.07) is 19.5. The summed E-state index contributed by atoms with van der Waals surface area (Å²) in [7, 11) is 0. The van der Waals surface area contributed by atoms with Crippen LogP contribution in [0.3, 0.4) is 0 Å². The highest BCUT2D eigenvalue weighted by Gasteiger charge is 2.13. The second-order valence-corrected chi connectivity index (χ2v) is 9.27. The molecule has 2 aromatic heterocycles. The largest absolute Gasteiger partial charge is 0.339 e. The molecule has 4 rings (SSSR count). The highest BCUT2D eigenvalue weighted by atomic mass is 32.2. The first-order chi connectivity index (χ1) is 15.6. The van der Waals surface area contributed by atoms with Crippen molar-refractivity contribution < 1.29 is 9.32 Å². The number of amides is 1. The first kappa shape index (κ1) is 21.8. The van der Waals surface area contributed by atoms with E-state index in [1.165, 1.54) is 4.90 Å². The first-order valence-corrected chi connectivity index (χ1v) is 11.3. The fourth-order valence-electron chi connectivity index (χ4n) is 3.24. The predicted octanol–water partition coefficient (Wildman–Crippen LogP) is 5.40. The monoisotopic (exact) mass is 444 g/mol. The van der Waals surface area contributed by atoms with Crippen LogP contribution in [0.4, 0.5) is 5.69 Å². The van der Waals surface area contributed by atoms with Gasteiger partial charge in [0.05, 0.1) is 12.8 Å². The molecule has 0 saturated carbocycles. The molecule has 0 aliphatic heterocycles. The van der Waals surface area contributed by atoms with Crippen LogP contribution in [0.15, 0.2) is 82.5 Å². The van der Waals surface area contributed by atoms with E-state index >= 15 is 0 Å². The number of carbonyl (C=O) groups is 1. The van der Waals surface area contributed by atoms with Gasteiger partial charge in [-0.05, 0) is 41.5 Å². The number of nitrogens with zero attached hydrogens (tertiary/aromatic N) is 3. The highest BCUT2D eigenvalue weighted by molar-refractivity contribution is 7.99. The molecule has 1 amide bonds. The molecule has 0 bridgehead atoms. The molecule has 0 aliphatic rings. The Kier molecular flexibility index (Phi) is 6.97. The van der Waals surface area contributed by atoms with E-state index in [4.69, 9.17) is 4.52 Å². The molecule has 6 nitrogen and oxygen atoms in total. The summed E-state index contributed by atoms with van der Waals surface area (Å²) in [5.74, 6) is 0.903. The van der Waals surface area contributed by atoms with Crippen molar-refractivity contribution >= 4 is 23.4 Å². The minimum absolute atomic E-state index is 0.0664. The number of rotatable bonds is 8. The quantitative estimate of drug-likeness (QED) is 0.366. The molecule has 0 aliphatic carbocycles. The van der Waals surface area contributed by atoms with Gasteiger partial charge in [0.2, 0.25) is 17.6 Å². The van der Waals surface area contributed by atoms with Crippen molar-refractivity contribution in [3.8, 4) is 11.4 Å². The maximum atomic E-state index is 12.7. The van der Waals surface area contributed by atoms with E-state index in [0.717, 1.165) is 22.4 Å². The summed E-state index contributed by atoms with van der Waals surface area (Å²) < 4.78 is 5.41. The smallest absolute Gasteiger partial charge is 0.231 e. The molecular formula is C25H24N4O2S. The van der Waals surface area contributed by atoms with Crippen molar-refractivity contribution in [3.05, 3.63) is 90.1 Å². The van der Waals surface area contributed by atoms with E-state index in [1.807, 2.05) is 60.3 Å². The average Bonchev–Trinajstić information content (AvgIpc) is 3.25. The van der Waals surface area contributed by atoms with Crippen LogP contribution in [0.2, 0.25) is 0 Å². The van der Waals surface area contributed by atoms with Crippen molar-refractivity contribution in [2.75, 3.05) is 5.32 Å². The van der Waals surface area contributed by atoms with E-state index in [1.54, 1.807) is 12.4 Å². The SMILES string of the molecule is CC(C)Sc1ccc(CC(=O)Nc2ccccc2Cc2nc(-c3cccnc3)no2)cc1. The average molecular weight is 445 g/mol. The van der Waals surface area contributed by atoms with Gasteiger partial charge in [0, 0.05) is 33.8 Å². The lowest BCUT2D eigenvalue weighted by atomic mass is 10.1. The Balaban J connectivity index is 1.41. The summed E-state index contributed by atoms with van der Waals surface area (Å²) in [6.07, 6.45) is 4.12. The standard InChI is InChI=1S/C25H24N4O2S/c1-17(2)32-21-11-9-18(10-12-21)14-23(30)27-22-8-4-3-6-19(22)15-24-28-25(29-31-24)20-7-5-13-26-16-20/h3-13,16-17H,14-15H2,1-2H3,(H,27,30). The fraction of sp³-hybridized carbons (Fsp3) is 0.200. The Morgan fingerprint density at radius 3 is 2.62 bits per heavy atom. The van der Waals surface area contributed by atoms with E-state index in [2.05, 4.69) is 46.4 Å². The van der Waals surface area contributed by atoms with E-state index < -0.39 is 0 Å². The molecule has 0 atom stereocenters. The summed E-state index contributed by atoms with van der Waals surface area (Å²) in [6.45, 7) is 4.33. The Labute approximate surface area is 191 Å². The Morgan fingerprint density at radius 1 is 1.06 bits per heavy atom. The summed E-state index contributed by atoms with van der Waals surface area (Å²) in [5.41, 5.74) is 3.42. The zero-order valence-electron chi connectivity index (χ0n) is 18.0. The van der Waals surface area contributed by atoms with Crippen LogP contribution >= 0.6 is 11.8 Å². The van der Waals surface area contributed by atoms with E-state index in [-0.39, 0.29) is 5.91 Å². The van der Waals surface area contributed by atoms with Crippen LogP contribution in [0.5, 0.6) is 0 Å². The van der Waals surface area contributed by atoms with Crippen LogP contribution in [-0.2, 0) is 17.6 Å². The van der Waals surface area contributed by atoms with Crippen molar-refractivity contribution in [2.45, 2.75) is 36.8 Å². The molecule has 0 fully saturated rings. The van der Waals surface area contributed by atoms with Gasteiger partial charge in [0.15, 0.2) is 0 Å². The van der Waals surface area contributed by atoms with Gasteiger partial charge in [0.25, 0.3) is 0 Å². The lowest BCUT2D eigenvalue weighted by Crippen LogP contribution is -2.15. The van der Waals surface area contributed by atoms with Gasteiger partial charge in [-0.2, -0.15) is 4.98 Å². The van der Waals surface area contributed by atoms with E-state index in [0.29, 0.717) is 29.8 Å². The van der Waals surface area contributed by atoms with Crippen molar-refractivity contribution in [2.24, 2.45) is 0 Å². The van der Waals surface area contributed by atoms with Crippen LogP contribution in [-0.4, -0.2) is 26.3 Å². The number of hydrogen-bond acceptors (Lipinski definition) is 6. The zero-order chi connectivity index (χ0) is 22.3. The molecular weight excluding hydrogens is 420 g/mol. The van der Waals surface area contributed by atoms with Crippen LogP contribution < -0.4 is 5.32 Å². The maximum absolute atomic E-state index is 12.7. The minimum Gasteiger partial charge on any atom is -0.339 e. The van der Waals surface area contributed by atoms with Gasteiger partial charge in [-0.15, -0.1) is 11.8 Å². The Morgan fingerprint density at radius 2 is 1.88 bits per heavy atom. The van der Waals surface area contributed by atoms with Gasteiger partial charge in [-0.25, -0.2) is 0 Å². The number of nitrogens with one attached hydrogen (secondary N) is 1. The van der Waals surface area contributed by atoms with E-state index in [9.17, 15) is 4.79 Å². The number of carbonyl (C=O) groups excluding carboxylic acids is 1. The summed E-state index contributed by atoms with van der Waals surface area (Å²) >= 11 is 1.81. The third kappa shape index (κ3) is 5.82. The van der Waals surface area contributed by atoms with Gasteiger partial charge >= 0.3 is 0 Å². The maximum Gasteiger partial charge on any atom is 0.231 e. The number of para-hydroxylation sites is 1.